The lowest BCUT2D eigenvalue weighted by atomic mass is 10.2. The Kier molecular flexibility index (Phi) is 6.99. The highest BCUT2D eigenvalue weighted by Crippen LogP contribution is 2.29. The van der Waals surface area contributed by atoms with Crippen LogP contribution < -0.4 is 10.1 Å². The zero-order chi connectivity index (χ0) is 25.0. The molecule has 0 saturated heterocycles. The predicted molar refractivity (Wildman–Crippen MR) is 132 cm³/mol. The zero-order valence-electron chi connectivity index (χ0n) is 19.2. The van der Waals surface area contributed by atoms with Crippen molar-refractivity contribution in [2.24, 2.45) is 0 Å². The van der Waals surface area contributed by atoms with Crippen LogP contribution in [0.25, 0.3) is 5.69 Å². The van der Waals surface area contributed by atoms with Gasteiger partial charge in [-0.2, -0.15) is 4.31 Å². The third-order valence-electron chi connectivity index (χ3n) is 5.46. The van der Waals surface area contributed by atoms with Crippen LogP contribution in [-0.4, -0.2) is 37.4 Å². The number of nitrogens with one attached hydrogen (secondary N) is 1. The third kappa shape index (κ3) is 5.26. The monoisotopic (exact) mass is 493 g/mol. The molecule has 7 nitrogen and oxygen atoms in total. The number of anilines is 1. The van der Waals surface area contributed by atoms with Gasteiger partial charge in [-0.3, -0.25) is 4.79 Å². The van der Waals surface area contributed by atoms with Gasteiger partial charge in [-0.05, 0) is 54.1 Å². The standard InChI is InChI=1S/C26H24FN3O4S/c1-29(18-19-8-4-3-5-9-19)35(32,33)25-16-20(10-13-24(25)34-2)26(31)28-23-17-21(11-12-22(23)27)30-14-6-7-15-30/h3-17H,18H2,1-2H3,(H,28,31). The minimum atomic E-state index is -4.00. The van der Waals surface area contributed by atoms with Gasteiger partial charge in [0.1, 0.15) is 16.5 Å². The van der Waals surface area contributed by atoms with Crippen molar-refractivity contribution in [3.05, 3.63) is 108 Å². The third-order valence-corrected chi connectivity index (χ3v) is 7.29. The van der Waals surface area contributed by atoms with Crippen LogP contribution in [0.2, 0.25) is 0 Å². The van der Waals surface area contributed by atoms with Gasteiger partial charge in [-0.15, -0.1) is 0 Å². The van der Waals surface area contributed by atoms with Crippen LogP contribution in [0.1, 0.15) is 15.9 Å². The zero-order valence-corrected chi connectivity index (χ0v) is 20.0. The van der Waals surface area contributed by atoms with E-state index >= 15 is 0 Å². The largest absolute Gasteiger partial charge is 0.495 e. The smallest absolute Gasteiger partial charge is 0.255 e. The quantitative estimate of drug-likeness (QED) is 0.386. The lowest BCUT2D eigenvalue weighted by molar-refractivity contribution is 0.102. The number of sulfonamides is 1. The minimum absolute atomic E-state index is 0.0254. The van der Waals surface area contributed by atoms with Crippen molar-refractivity contribution in [2.75, 3.05) is 19.5 Å². The number of benzene rings is 3. The van der Waals surface area contributed by atoms with Crippen molar-refractivity contribution >= 4 is 21.6 Å². The first-order valence-corrected chi connectivity index (χ1v) is 12.2. The number of hydrogen-bond acceptors (Lipinski definition) is 4. The van der Waals surface area contributed by atoms with E-state index in [0.717, 1.165) is 5.56 Å². The van der Waals surface area contributed by atoms with Crippen LogP contribution in [0.15, 0.2) is 96.2 Å². The Hall–Kier alpha value is -3.95. The molecule has 3 aromatic carbocycles. The summed E-state index contributed by atoms with van der Waals surface area (Å²) in [6, 6.07) is 21.2. The number of carbonyl (C=O) groups excluding carboxylic acids is 1. The van der Waals surface area contributed by atoms with E-state index in [9.17, 15) is 17.6 Å². The molecule has 1 amide bonds. The number of nitrogens with zero attached hydrogens (tertiary/aromatic N) is 2. The Morgan fingerprint density at radius 2 is 1.71 bits per heavy atom. The molecule has 0 saturated carbocycles. The van der Waals surface area contributed by atoms with Crippen LogP contribution in [0, 0.1) is 5.82 Å². The first-order chi connectivity index (χ1) is 16.8. The number of aromatic nitrogens is 1. The molecular weight excluding hydrogens is 469 g/mol. The van der Waals surface area contributed by atoms with E-state index in [-0.39, 0.29) is 28.4 Å². The second-order valence-electron chi connectivity index (χ2n) is 7.82. The van der Waals surface area contributed by atoms with Gasteiger partial charge in [0.05, 0.1) is 12.8 Å². The number of ether oxygens (including phenoxy) is 1. The molecule has 0 atom stereocenters. The SMILES string of the molecule is COc1ccc(C(=O)Nc2cc(-n3cccc3)ccc2F)cc1S(=O)(=O)N(C)Cc1ccccc1. The minimum Gasteiger partial charge on any atom is -0.495 e. The van der Waals surface area contributed by atoms with Crippen molar-refractivity contribution in [2.45, 2.75) is 11.4 Å². The van der Waals surface area contributed by atoms with Gasteiger partial charge < -0.3 is 14.6 Å². The highest BCUT2D eigenvalue weighted by molar-refractivity contribution is 7.89. The number of methoxy groups -OCH3 is 1. The van der Waals surface area contributed by atoms with Crippen molar-refractivity contribution in [3.63, 3.8) is 0 Å². The molecule has 35 heavy (non-hydrogen) atoms. The first kappa shape index (κ1) is 24.2. The number of halogens is 1. The molecule has 0 aliphatic carbocycles. The average Bonchev–Trinajstić information content (AvgIpc) is 3.40. The van der Waals surface area contributed by atoms with Gasteiger partial charge in [-0.1, -0.05) is 30.3 Å². The summed E-state index contributed by atoms with van der Waals surface area (Å²) < 4.78 is 49.3. The van der Waals surface area contributed by atoms with Gasteiger partial charge in [0.2, 0.25) is 10.0 Å². The van der Waals surface area contributed by atoms with Gasteiger partial charge in [0, 0.05) is 37.2 Å². The molecule has 0 aliphatic rings. The number of carbonyl (C=O) groups is 1. The van der Waals surface area contributed by atoms with Crippen LogP contribution in [0.5, 0.6) is 5.75 Å². The second-order valence-corrected chi connectivity index (χ2v) is 9.83. The molecule has 180 valence electrons. The van der Waals surface area contributed by atoms with E-state index in [4.69, 9.17) is 4.74 Å². The van der Waals surface area contributed by atoms with E-state index in [1.807, 2.05) is 42.5 Å². The fraction of sp³-hybridized carbons (Fsp3) is 0.115. The molecular formula is C26H24FN3O4S. The molecule has 0 bridgehead atoms. The second kappa shape index (κ2) is 10.1. The molecule has 9 heteroatoms. The maximum absolute atomic E-state index is 14.4. The topological polar surface area (TPSA) is 80.6 Å². The van der Waals surface area contributed by atoms with Crippen LogP contribution in [0.3, 0.4) is 0 Å². The molecule has 1 N–H and O–H groups in total. The van der Waals surface area contributed by atoms with Crippen LogP contribution in [-0.2, 0) is 16.6 Å². The van der Waals surface area contributed by atoms with E-state index in [2.05, 4.69) is 5.32 Å². The Labute approximate surface area is 203 Å². The Morgan fingerprint density at radius 3 is 2.40 bits per heavy atom. The molecule has 0 spiro atoms. The molecule has 0 fully saturated rings. The average molecular weight is 494 g/mol. The molecule has 0 radical (unpaired) electrons. The van der Waals surface area contributed by atoms with Gasteiger partial charge >= 0.3 is 0 Å². The molecule has 0 unspecified atom stereocenters. The highest BCUT2D eigenvalue weighted by atomic mass is 32.2. The van der Waals surface area contributed by atoms with Crippen LogP contribution >= 0.6 is 0 Å². The number of amides is 1. The maximum atomic E-state index is 14.4. The molecule has 4 rings (SSSR count). The highest BCUT2D eigenvalue weighted by Gasteiger charge is 2.26. The fourth-order valence-corrected chi connectivity index (χ4v) is 4.92. The summed E-state index contributed by atoms with van der Waals surface area (Å²) >= 11 is 0. The Balaban J connectivity index is 1.62. The van der Waals surface area contributed by atoms with Gasteiger partial charge in [0.15, 0.2) is 0 Å². The molecule has 1 aromatic heterocycles. The summed E-state index contributed by atoms with van der Waals surface area (Å²) in [5.74, 6) is -1.17. The molecule has 0 aliphatic heterocycles. The summed E-state index contributed by atoms with van der Waals surface area (Å²) in [6.45, 7) is 0.139. The number of hydrogen-bond donors (Lipinski definition) is 1. The first-order valence-electron chi connectivity index (χ1n) is 10.7. The summed E-state index contributed by atoms with van der Waals surface area (Å²) in [5, 5.41) is 2.54. The van der Waals surface area contributed by atoms with Gasteiger partial charge in [-0.25, -0.2) is 12.8 Å². The lowest BCUT2D eigenvalue weighted by Crippen LogP contribution is -2.27. The normalized spacial score (nSPS) is 11.4. The van der Waals surface area contributed by atoms with Crippen molar-refractivity contribution in [3.8, 4) is 11.4 Å². The van der Waals surface area contributed by atoms with Crippen molar-refractivity contribution in [1.82, 2.24) is 8.87 Å². The maximum Gasteiger partial charge on any atom is 0.255 e. The van der Waals surface area contributed by atoms with E-state index in [0.29, 0.717) is 5.69 Å². The lowest BCUT2D eigenvalue weighted by Gasteiger charge is -2.19. The van der Waals surface area contributed by atoms with Crippen molar-refractivity contribution < 1.29 is 22.3 Å². The summed E-state index contributed by atoms with van der Waals surface area (Å²) in [5.41, 5.74) is 1.49. The Bertz CT molecular complexity index is 1440. The fourth-order valence-electron chi connectivity index (χ4n) is 3.58. The van der Waals surface area contributed by atoms with E-state index in [1.54, 1.807) is 23.0 Å². The van der Waals surface area contributed by atoms with E-state index in [1.165, 1.54) is 48.8 Å². The molecule has 4 aromatic rings. The van der Waals surface area contributed by atoms with Crippen LogP contribution in [0.4, 0.5) is 10.1 Å². The van der Waals surface area contributed by atoms with Crippen molar-refractivity contribution in [1.29, 1.82) is 0 Å². The summed E-state index contributed by atoms with van der Waals surface area (Å²) in [4.78, 5) is 12.8. The number of rotatable bonds is 8. The van der Waals surface area contributed by atoms with E-state index < -0.39 is 21.7 Å². The molecule has 1 heterocycles. The summed E-state index contributed by atoms with van der Waals surface area (Å²) in [6.07, 6.45) is 3.59. The summed E-state index contributed by atoms with van der Waals surface area (Å²) in [7, 11) is -1.19. The Morgan fingerprint density at radius 1 is 1.00 bits per heavy atom. The predicted octanol–water partition coefficient (Wildman–Crippen LogP) is 4.70. The van der Waals surface area contributed by atoms with Gasteiger partial charge in [0.25, 0.3) is 5.91 Å².